The third-order valence-corrected chi connectivity index (χ3v) is 4.45. The van der Waals surface area contributed by atoms with E-state index in [2.05, 4.69) is 15.6 Å². The number of para-hydroxylation sites is 1. The lowest BCUT2D eigenvalue weighted by Gasteiger charge is -2.12. The molecule has 0 aliphatic heterocycles. The van der Waals surface area contributed by atoms with E-state index in [-0.39, 0.29) is 6.54 Å². The second-order valence-corrected chi connectivity index (χ2v) is 6.62. The number of nitrogens with zero attached hydrogens (tertiary/aromatic N) is 1. The van der Waals surface area contributed by atoms with Gasteiger partial charge in [0, 0.05) is 11.1 Å². The molecule has 2 amide bonds. The van der Waals surface area contributed by atoms with Crippen LogP contribution in [-0.4, -0.2) is 35.9 Å². The second-order valence-electron chi connectivity index (χ2n) is 6.62. The van der Waals surface area contributed by atoms with Gasteiger partial charge in [0.25, 0.3) is 5.91 Å². The molecule has 8 heteroatoms. The number of aromatic nitrogens is 1. The van der Waals surface area contributed by atoms with Crippen molar-refractivity contribution in [3.8, 4) is 0 Å². The molecule has 0 aliphatic rings. The molecular formula is C22H20FN3O4. The molecule has 154 valence electrons. The van der Waals surface area contributed by atoms with Crippen LogP contribution in [0, 0.1) is 19.7 Å². The minimum atomic E-state index is -0.658. The van der Waals surface area contributed by atoms with Gasteiger partial charge in [0.05, 0.1) is 23.3 Å². The summed E-state index contributed by atoms with van der Waals surface area (Å²) in [5.41, 5.74) is 2.72. The molecule has 1 aromatic heterocycles. The summed E-state index contributed by atoms with van der Waals surface area (Å²) < 4.78 is 18.0. The molecule has 2 N–H and O–H groups in total. The van der Waals surface area contributed by atoms with Gasteiger partial charge >= 0.3 is 5.97 Å². The number of anilines is 1. The summed E-state index contributed by atoms with van der Waals surface area (Å²) in [6, 6.07) is 12.7. The van der Waals surface area contributed by atoms with E-state index in [4.69, 9.17) is 4.74 Å². The number of carbonyl (C=O) groups excluding carboxylic acids is 3. The van der Waals surface area contributed by atoms with E-state index in [0.29, 0.717) is 16.9 Å². The van der Waals surface area contributed by atoms with Gasteiger partial charge in [-0.3, -0.25) is 14.6 Å². The highest BCUT2D eigenvalue weighted by molar-refractivity contribution is 5.99. The number of fused-ring (bicyclic) bond motifs is 1. The molecule has 0 bridgehead atoms. The van der Waals surface area contributed by atoms with Crippen molar-refractivity contribution >= 4 is 34.4 Å². The predicted octanol–water partition coefficient (Wildman–Crippen LogP) is 2.90. The highest BCUT2D eigenvalue weighted by atomic mass is 19.1. The van der Waals surface area contributed by atoms with Crippen molar-refractivity contribution in [2.75, 3.05) is 18.5 Å². The van der Waals surface area contributed by atoms with E-state index < -0.39 is 30.2 Å². The van der Waals surface area contributed by atoms with Crippen molar-refractivity contribution in [1.82, 2.24) is 10.3 Å². The number of rotatable bonds is 6. The molecule has 0 aliphatic carbocycles. The molecular weight excluding hydrogens is 389 g/mol. The standard InChI is InChI=1S/C22H20FN3O4/c1-13-17-5-3-4-6-18(17)25-14(2)21(13)22(29)30-12-20(28)24-11-19(27)26-16-9-7-15(23)8-10-16/h3-10H,11-12H2,1-2H3,(H,24,28)(H,26,27). The molecule has 0 unspecified atom stereocenters. The summed E-state index contributed by atoms with van der Waals surface area (Å²) in [6.07, 6.45) is 0. The van der Waals surface area contributed by atoms with E-state index in [0.717, 1.165) is 16.5 Å². The normalized spacial score (nSPS) is 10.5. The smallest absolute Gasteiger partial charge is 0.340 e. The lowest BCUT2D eigenvalue weighted by atomic mass is 10.0. The van der Waals surface area contributed by atoms with E-state index in [9.17, 15) is 18.8 Å². The summed E-state index contributed by atoms with van der Waals surface area (Å²) in [6.45, 7) is 2.65. The molecule has 0 atom stereocenters. The minimum absolute atomic E-state index is 0.315. The molecule has 2 aromatic carbocycles. The maximum absolute atomic E-state index is 12.9. The maximum Gasteiger partial charge on any atom is 0.340 e. The van der Waals surface area contributed by atoms with Crippen LogP contribution in [0.5, 0.6) is 0 Å². The van der Waals surface area contributed by atoms with Gasteiger partial charge in [-0.15, -0.1) is 0 Å². The van der Waals surface area contributed by atoms with Crippen LogP contribution in [0.1, 0.15) is 21.6 Å². The first-order valence-electron chi connectivity index (χ1n) is 9.20. The molecule has 0 fully saturated rings. The first kappa shape index (κ1) is 20.9. The number of amides is 2. The summed E-state index contributed by atoms with van der Waals surface area (Å²) >= 11 is 0. The number of halogens is 1. The Balaban J connectivity index is 1.53. The van der Waals surface area contributed by atoms with Crippen LogP contribution in [0.25, 0.3) is 10.9 Å². The highest BCUT2D eigenvalue weighted by Crippen LogP contribution is 2.23. The van der Waals surface area contributed by atoms with Crippen molar-refractivity contribution in [2.45, 2.75) is 13.8 Å². The van der Waals surface area contributed by atoms with Crippen LogP contribution >= 0.6 is 0 Å². The van der Waals surface area contributed by atoms with E-state index in [1.807, 2.05) is 24.3 Å². The minimum Gasteiger partial charge on any atom is -0.452 e. The fraction of sp³-hybridized carbons (Fsp3) is 0.182. The van der Waals surface area contributed by atoms with Crippen LogP contribution < -0.4 is 10.6 Å². The monoisotopic (exact) mass is 409 g/mol. The second kappa shape index (κ2) is 9.13. The first-order valence-corrected chi connectivity index (χ1v) is 9.20. The number of carbonyl (C=O) groups is 3. The lowest BCUT2D eigenvalue weighted by Crippen LogP contribution is -2.35. The Morgan fingerprint density at radius 2 is 1.70 bits per heavy atom. The number of esters is 1. The van der Waals surface area contributed by atoms with Gasteiger partial charge in [-0.25, -0.2) is 9.18 Å². The van der Waals surface area contributed by atoms with Crippen LogP contribution in [0.15, 0.2) is 48.5 Å². The van der Waals surface area contributed by atoms with Crippen molar-refractivity contribution in [3.05, 3.63) is 71.2 Å². The van der Waals surface area contributed by atoms with Gasteiger partial charge in [0.1, 0.15) is 5.82 Å². The summed E-state index contributed by atoms with van der Waals surface area (Å²) in [7, 11) is 0. The lowest BCUT2D eigenvalue weighted by molar-refractivity contribution is -0.126. The van der Waals surface area contributed by atoms with Gasteiger partial charge < -0.3 is 15.4 Å². The average Bonchev–Trinajstić information content (AvgIpc) is 2.72. The SMILES string of the molecule is Cc1nc2ccccc2c(C)c1C(=O)OCC(=O)NCC(=O)Nc1ccc(F)cc1. The van der Waals surface area contributed by atoms with E-state index >= 15 is 0 Å². The van der Waals surface area contributed by atoms with Crippen molar-refractivity contribution < 1.29 is 23.5 Å². The molecule has 0 spiro atoms. The zero-order valence-electron chi connectivity index (χ0n) is 16.5. The van der Waals surface area contributed by atoms with Crippen molar-refractivity contribution in [2.24, 2.45) is 0 Å². The van der Waals surface area contributed by atoms with Crippen molar-refractivity contribution in [1.29, 1.82) is 0 Å². The Hall–Kier alpha value is -3.81. The Bertz CT molecular complexity index is 1110. The number of hydrogen-bond acceptors (Lipinski definition) is 5. The fourth-order valence-corrected chi connectivity index (χ4v) is 3.00. The Morgan fingerprint density at radius 1 is 1.00 bits per heavy atom. The Labute approximate surface area is 172 Å². The number of nitrogens with one attached hydrogen (secondary N) is 2. The van der Waals surface area contributed by atoms with Gasteiger partial charge in [-0.1, -0.05) is 18.2 Å². The van der Waals surface area contributed by atoms with Crippen LogP contribution in [-0.2, 0) is 14.3 Å². The van der Waals surface area contributed by atoms with E-state index in [1.54, 1.807) is 13.8 Å². The van der Waals surface area contributed by atoms with Gasteiger partial charge in [-0.2, -0.15) is 0 Å². The number of pyridine rings is 1. The highest BCUT2D eigenvalue weighted by Gasteiger charge is 2.19. The third kappa shape index (κ3) is 4.96. The number of hydrogen-bond donors (Lipinski definition) is 2. The zero-order valence-corrected chi connectivity index (χ0v) is 16.5. The summed E-state index contributed by atoms with van der Waals surface area (Å²) in [5, 5.41) is 5.70. The average molecular weight is 409 g/mol. The number of aryl methyl sites for hydroxylation is 2. The van der Waals surface area contributed by atoms with Crippen molar-refractivity contribution in [3.63, 3.8) is 0 Å². The summed E-state index contributed by atoms with van der Waals surface area (Å²) in [5.74, 6) is -2.20. The Morgan fingerprint density at radius 3 is 2.43 bits per heavy atom. The van der Waals surface area contributed by atoms with Gasteiger partial charge in [-0.05, 0) is 49.7 Å². The molecule has 0 saturated heterocycles. The first-order chi connectivity index (χ1) is 14.3. The topological polar surface area (TPSA) is 97.4 Å². The maximum atomic E-state index is 12.9. The van der Waals surface area contributed by atoms with Crippen LogP contribution in [0.4, 0.5) is 10.1 Å². The molecule has 3 rings (SSSR count). The largest absolute Gasteiger partial charge is 0.452 e. The molecule has 0 saturated carbocycles. The molecule has 30 heavy (non-hydrogen) atoms. The van der Waals surface area contributed by atoms with Gasteiger partial charge in [0.15, 0.2) is 6.61 Å². The molecule has 3 aromatic rings. The molecule has 7 nitrogen and oxygen atoms in total. The van der Waals surface area contributed by atoms with Crippen LogP contribution in [0.3, 0.4) is 0 Å². The molecule has 1 heterocycles. The van der Waals surface area contributed by atoms with Crippen LogP contribution in [0.2, 0.25) is 0 Å². The molecule has 0 radical (unpaired) electrons. The zero-order chi connectivity index (χ0) is 21.7. The third-order valence-electron chi connectivity index (χ3n) is 4.45. The number of ether oxygens (including phenoxy) is 1. The fourth-order valence-electron chi connectivity index (χ4n) is 3.00. The predicted molar refractivity (Wildman–Crippen MR) is 110 cm³/mol. The summed E-state index contributed by atoms with van der Waals surface area (Å²) in [4.78, 5) is 40.7. The quantitative estimate of drug-likeness (QED) is 0.610. The van der Waals surface area contributed by atoms with E-state index in [1.165, 1.54) is 24.3 Å². The Kier molecular flexibility index (Phi) is 6.36. The number of benzene rings is 2. The van der Waals surface area contributed by atoms with Gasteiger partial charge in [0.2, 0.25) is 5.91 Å².